The maximum absolute atomic E-state index is 5.61. The van der Waals surface area contributed by atoms with E-state index in [9.17, 15) is 0 Å². The molecule has 0 amide bonds. The van der Waals surface area contributed by atoms with Gasteiger partial charge in [-0.3, -0.25) is 0 Å². The molecule has 2 N–H and O–H groups in total. The number of hydrogen-bond acceptors (Lipinski definition) is 2. The second-order valence-corrected chi connectivity index (χ2v) is 5.49. The number of fused-ring (bicyclic) bond motifs is 1. The molecule has 1 heterocycles. The third-order valence-electron chi connectivity index (χ3n) is 3.82. The Morgan fingerprint density at radius 1 is 1.32 bits per heavy atom. The predicted octanol–water partition coefficient (Wildman–Crippen LogP) is 3.28. The van der Waals surface area contributed by atoms with Crippen molar-refractivity contribution >= 4 is 11.0 Å². The van der Waals surface area contributed by atoms with E-state index < -0.39 is 0 Å². The average molecular weight is 259 g/mol. The second kappa shape index (κ2) is 6.20. The van der Waals surface area contributed by atoms with Crippen molar-refractivity contribution in [2.75, 3.05) is 6.54 Å². The van der Waals surface area contributed by atoms with Gasteiger partial charge in [-0.15, -0.1) is 0 Å². The van der Waals surface area contributed by atoms with Crippen LogP contribution in [0.2, 0.25) is 0 Å². The standard InChI is InChI=1S/C16H25N3/c1-4-19-15-7-5-13(3)11-14(15)18-16(19)8-6-12(2)9-10-17/h5,7,11-12H,4,6,8-10,17H2,1-3H3. The molecule has 1 atom stereocenters. The van der Waals surface area contributed by atoms with Crippen LogP contribution >= 0.6 is 0 Å². The zero-order chi connectivity index (χ0) is 13.8. The molecule has 2 rings (SSSR count). The molecule has 0 aliphatic carbocycles. The molecule has 3 nitrogen and oxygen atoms in total. The first-order valence-electron chi connectivity index (χ1n) is 7.31. The van der Waals surface area contributed by atoms with Gasteiger partial charge in [0.1, 0.15) is 5.82 Å². The number of aromatic nitrogens is 2. The molecular formula is C16H25N3. The van der Waals surface area contributed by atoms with E-state index in [1.807, 2.05) is 0 Å². The number of imidazole rings is 1. The van der Waals surface area contributed by atoms with Gasteiger partial charge in [0.25, 0.3) is 0 Å². The van der Waals surface area contributed by atoms with Crippen molar-refractivity contribution in [3.05, 3.63) is 29.6 Å². The van der Waals surface area contributed by atoms with Crippen LogP contribution in [0.3, 0.4) is 0 Å². The predicted molar refractivity (Wildman–Crippen MR) is 81.3 cm³/mol. The quantitative estimate of drug-likeness (QED) is 0.865. The zero-order valence-electron chi connectivity index (χ0n) is 12.3. The van der Waals surface area contributed by atoms with Crippen molar-refractivity contribution in [2.45, 2.75) is 46.6 Å². The number of nitrogens with two attached hydrogens (primary N) is 1. The summed E-state index contributed by atoms with van der Waals surface area (Å²) in [5, 5.41) is 0. The first-order chi connectivity index (χ1) is 9.15. The van der Waals surface area contributed by atoms with E-state index >= 15 is 0 Å². The van der Waals surface area contributed by atoms with Crippen molar-refractivity contribution in [3.8, 4) is 0 Å². The van der Waals surface area contributed by atoms with Gasteiger partial charge in [-0.05, 0) is 56.8 Å². The molecule has 2 aromatic rings. The monoisotopic (exact) mass is 259 g/mol. The van der Waals surface area contributed by atoms with Gasteiger partial charge in [-0.2, -0.15) is 0 Å². The molecule has 1 aromatic heterocycles. The minimum absolute atomic E-state index is 0.678. The van der Waals surface area contributed by atoms with Gasteiger partial charge in [-0.25, -0.2) is 4.98 Å². The Morgan fingerprint density at radius 3 is 2.79 bits per heavy atom. The Balaban J connectivity index is 2.22. The Morgan fingerprint density at radius 2 is 2.11 bits per heavy atom. The van der Waals surface area contributed by atoms with Crippen LogP contribution in [0.25, 0.3) is 11.0 Å². The first kappa shape index (κ1) is 14.1. The van der Waals surface area contributed by atoms with Gasteiger partial charge in [-0.1, -0.05) is 13.0 Å². The lowest BCUT2D eigenvalue weighted by atomic mass is 10.0. The van der Waals surface area contributed by atoms with Crippen LogP contribution in [0.15, 0.2) is 18.2 Å². The third-order valence-corrected chi connectivity index (χ3v) is 3.82. The maximum Gasteiger partial charge on any atom is 0.109 e. The molecule has 0 fully saturated rings. The van der Waals surface area contributed by atoms with Crippen molar-refractivity contribution in [1.29, 1.82) is 0 Å². The Kier molecular flexibility index (Phi) is 4.59. The lowest BCUT2D eigenvalue weighted by Crippen LogP contribution is -2.08. The van der Waals surface area contributed by atoms with Crippen molar-refractivity contribution in [3.63, 3.8) is 0 Å². The molecule has 3 heteroatoms. The summed E-state index contributed by atoms with van der Waals surface area (Å²) in [7, 11) is 0. The van der Waals surface area contributed by atoms with Crippen molar-refractivity contribution < 1.29 is 0 Å². The lowest BCUT2D eigenvalue weighted by Gasteiger charge is -2.10. The molecule has 104 valence electrons. The number of rotatable bonds is 6. The summed E-state index contributed by atoms with van der Waals surface area (Å²) < 4.78 is 2.34. The molecule has 0 bridgehead atoms. The molecule has 19 heavy (non-hydrogen) atoms. The summed E-state index contributed by atoms with van der Waals surface area (Å²) in [6.45, 7) is 8.35. The van der Waals surface area contributed by atoms with Crippen LogP contribution in [0.5, 0.6) is 0 Å². The van der Waals surface area contributed by atoms with E-state index in [2.05, 4.69) is 43.5 Å². The fourth-order valence-electron chi connectivity index (χ4n) is 2.64. The average Bonchev–Trinajstić information content (AvgIpc) is 2.73. The number of benzene rings is 1. The van der Waals surface area contributed by atoms with E-state index in [4.69, 9.17) is 10.7 Å². The van der Waals surface area contributed by atoms with Crippen LogP contribution in [0.4, 0.5) is 0 Å². The van der Waals surface area contributed by atoms with Crippen molar-refractivity contribution in [2.24, 2.45) is 11.7 Å². The largest absolute Gasteiger partial charge is 0.330 e. The highest BCUT2D eigenvalue weighted by molar-refractivity contribution is 5.76. The minimum Gasteiger partial charge on any atom is -0.330 e. The Labute approximate surface area is 115 Å². The SMILES string of the molecule is CCn1c(CCC(C)CCN)nc2cc(C)ccc21. The number of hydrogen-bond donors (Lipinski definition) is 1. The van der Waals surface area contributed by atoms with E-state index in [1.165, 1.54) is 23.3 Å². The summed E-state index contributed by atoms with van der Waals surface area (Å²) in [5.74, 6) is 1.89. The van der Waals surface area contributed by atoms with Gasteiger partial charge < -0.3 is 10.3 Å². The Bertz CT molecular complexity index is 542. The van der Waals surface area contributed by atoms with Crippen molar-refractivity contribution in [1.82, 2.24) is 9.55 Å². The summed E-state index contributed by atoms with van der Waals surface area (Å²) in [6, 6.07) is 6.53. The topological polar surface area (TPSA) is 43.8 Å². The molecular weight excluding hydrogens is 234 g/mol. The molecule has 0 aliphatic rings. The highest BCUT2D eigenvalue weighted by Gasteiger charge is 2.11. The fourth-order valence-corrected chi connectivity index (χ4v) is 2.64. The van der Waals surface area contributed by atoms with Crippen LogP contribution in [-0.2, 0) is 13.0 Å². The van der Waals surface area contributed by atoms with Gasteiger partial charge >= 0.3 is 0 Å². The van der Waals surface area contributed by atoms with Crippen LogP contribution in [0, 0.1) is 12.8 Å². The van der Waals surface area contributed by atoms with E-state index in [1.54, 1.807) is 0 Å². The molecule has 0 saturated carbocycles. The molecule has 0 spiro atoms. The van der Waals surface area contributed by atoms with Crippen LogP contribution in [-0.4, -0.2) is 16.1 Å². The van der Waals surface area contributed by atoms with Crippen LogP contribution in [0.1, 0.15) is 38.1 Å². The van der Waals surface area contributed by atoms with Crippen LogP contribution < -0.4 is 5.73 Å². The van der Waals surface area contributed by atoms with E-state index in [0.29, 0.717) is 5.92 Å². The highest BCUT2D eigenvalue weighted by atomic mass is 15.1. The summed E-state index contributed by atoms with van der Waals surface area (Å²) in [6.07, 6.45) is 3.31. The van der Waals surface area contributed by atoms with Gasteiger partial charge in [0.15, 0.2) is 0 Å². The maximum atomic E-state index is 5.61. The van der Waals surface area contributed by atoms with E-state index in [0.717, 1.165) is 31.4 Å². The van der Waals surface area contributed by atoms with E-state index in [-0.39, 0.29) is 0 Å². The van der Waals surface area contributed by atoms with Gasteiger partial charge in [0.2, 0.25) is 0 Å². The molecule has 1 aromatic carbocycles. The zero-order valence-corrected chi connectivity index (χ0v) is 12.3. The Hall–Kier alpha value is -1.35. The third kappa shape index (κ3) is 3.16. The highest BCUT2D eigenvalue weighted by Crippen LogP contribution is 2.20. The lowest BCUT2D eigenvalue weighted by molar-refractivity contribution is 0.488. The summed E-state index contributed by atoms with van der Waals surface area (Å²) >= 11 is 0. The second-order valence-electron chi connectivity index (χ2n) is 5.49. The molecule has 0 radical (unpaired) electrons. The number of aryl methyl sites for hydroxylation is 3. The molecule has 0 saturated heterocycles. The molecule has 1 unspecified atom stereocenters. The fraction of sp³-hybridized carbons (Fsp3) is 0.562. The normalized spacial score (nSPS) is 13.1. The number of nitrogens with zero attached hydrogens (tertiary/aromatic N) is 2. The van der Waals surface area contributed by atoms with Gasteiger partial charge in [0.05, 0.1) is 11.0 Å². The summed E-state index contributed by atoms with van der Waals surface area (Å²) in [5.41, 5.74) is 9.27. The van der Waals surface area contributed by atoms with Gasteiger partial charge in [0, 0.05) is 13.0 Å². The molecule has 0 aliphatic heterocycles. The summed E-state index contributed by atoms with van der Waals surface area (Å²) in [4.78, 5) is 4.81. The minimum atomic E-state index is 0.678. The smallest absolute Gasteiger partial charge is 0.109 e. The first-order valence-corrected chi connectivity index (χ1v) is 7.31.